The van der Waals surface area contributed by atoms with Gasteiger partial charge in [0.05, 0.1) is 10.6 Å². The number of nitrogens with zero attached hydrogens (tertiary/aromatic N) is 1. The van der Waals surface area contributed by atoms with Crippen molar-refractivity contribution in [1.82, 2.24) is 4.90 Å². The van der Waals surface area contributed by atoms with Gasteiger partial charge in [-0.15, -0.1) is 11.8 Å². The summed E-state index contributed by atoms with van der Waals surface area (Å²) in [5, 5.41) is 0.640. The van der Waals surface area contributed by atoms with Crippen LogP contribution < -0.4 is 0 Å². The minimum absolute atomic E-state index is 0.00250. The average Bonchev–Trinajstić information content (AvgIpc) is 2.50. The van der Waals surface area contributed by atoms with Crippen LogP contribution in [-0.4, -0.2) is 23.6 Å². The molecule has 0 heterocycles. The maximum atomic E-state index is 12.7. The van der Waals surface area contributed by atoms with Gasteiger partial charge in [-0.05, 0) is 23.4 Å². The first-order valence-corrected chi connectivity index (χ1v) is 8.20. The second-order valence-electron chi connectivity index (χ2n) is 4.70. The summed E-state index contributed by atoms with van der Waals surface area (Å²) in [6, 6.07) is 15.5. The lowest BCUT2D eigenvalue weighted by atomic mass is 10.1. The number of hydrogen-bond donors (Lipinski definition) is 0. The molecule has 0 atom stereocenters. The number of halogens is 1. The first kappa shape index (κ1) is 15.9. The fraction of sp³-hybridized carbons (Fsp3) is 0.235. The lowest BCUT2D eigenvalue weighted by molar-refractivity contribution is 0.0781. The standard InChI is InChI=1S/C17H18ClNOS/c1-3-21-16-14(10-7-11-15(16)18)17(20)19(2)12-13-8-5-4-6-9-13/h4-11H,3,12H2,1-2H3. The third-order valence-electron chi connectivity index (χ3n) is 3.10. The van der Waals surface area contributed by atoms with Gasteiger partial charge in [0, 0.05) is 18.5 Å². The zero-order valence-electron chi connectivity index (χ0n) is 12.2. The Hall–Kier alpha value is -1.45. The van der Waals surface area contributed by atoms with Crippen molar-refractivity contribution < 1.29 is 4.79 Å². The summed E-state index contributed by atoms with van der Waals surface area (Å²) >= 11 is 7.83. The number of hydrogen-bond acceptors (Lipinski definition) is 2. The van der Waals surface area contributed by atoms with Gasteiger partial charge in [-0.3, -0.25) is 4.79 Å². The van der Waals surface area contributed by atoms with E-state index in [9.17, 15) is 4.79 Å². The monoisotopic (exact) mass is 319 g/mol. The third kappa shape index (κ3) is 4.02. The molecule has 0 saturated heterocycles. The first-order chi connectivity index (χ1) is 10.1. The maximum Gasteiger partial charge on any atom is 0.255 e. The minimum Gasteiger partial charge on any atom is -0.337 e. The Bertz CT molecular complexity index is 615. The number of benzene rings is 2. The molecule has 1 amide bonds. The molecule has 0 radical (unpaired) electrons. The molecule has 21 heavy (non-hydrogen) atoms. The molecule has 2 rings (SSSR count). The highest BCUT2D eigenvalue weighted by atomic mass is 35.5. The molecule has 0 aliphatic carbocycles. The van der Waals surface area contributed by atoms with Crippen LogP contribution >= 0.6 is 23.4 Å². The number of carbonyl (C=O) groups is 1. The van der Waals surface area contributed by atoms with Crippen LogP contribution in [-0.2, 0) is 6.54 Å². The molecule has 0 unspecified atom stereocenters. The summed E-state index contributed by atoms with van der Waals surface area (Å²) in [4.78, 5) is 15.2. The Morgan fingerprint density at radius 3 is 2.52 bits per heavy atom. The minimum atomic E-state index is -0.00250. The molecule has 0 aromatic heterocycles. The van der Waals surface area contributed by atoms with Crippen LogP contribution in [0.4, 0.5) is 0 Å². The fourth-order valence-corrected chi connectivity index (χ4v) is 3.25. The van der Waals surface area contributed by atoms with Crippen LogP contribution in [0, 0.1) is 0 Å². The Morgan fingerprint density at radius 2 is 1.86 bits per heavy atom. The first-order valence-electron chi connectivity index (χ1n) is 6.84. The van der Waals surface area contributed by atoms with Gasteiger partial charge in [-0.25, -0.2) is 0 Å². The van der Waals surface area contributed by atoms with E-state index in [1.165, 1.54) is 0 Å². The zero-order valence-corrected chi connectivity index (χ0v) is 13.7. The van der Waals surface area contributed by atoms with Gasteiger partial charge in [0.2, 0.25) is 0 Å². The summed E-state index contributed by atoms with van der Waals surface area (Å²) in [5.74, 6) is 0.879. The van der Waals surface area contributed by atoms with E-state index in [1.807, 2.05) is 55.6 Å². The van der Waals surface area contributed by atoms with Crippen molar-refractivity contribution in [2.75, 3.05) is 12.8 Å². The van der Waals surface area contributed by atoms with E-state index in [1.54, 1.807) is 16.7 Å². The molecular formula is C17H18ClNOS. The van der Waals surface area contributed by atoms with Crippen molar-refractivity contribution in [2.24, 2.45) is 0 Å². The number of rotatable bonds is 5. The molecule has 0 aliphatic heterocycles. The second-order valence-corrected chi connectivity index (χ2v) is 6.38. The zero-order chi connectivity index (χ0) is 15.2. The van der Waals surface area contributed by atoms with Crippen LogP contribution in [0.15, 0.2) is 53.4 Å². The van der Waals surface area contributed by atoms with Crippen LogP contribution in [0.5, 0.6) is 0 Å². The Labute approximate surface area is 135 Å². The molecule has 0 bridgehead atoms. The highest BCUT2D eigenvalue weighted by Gasteiger charge is 2.17. The average molecular weight is 320 g/mol. The van der Waals surface area contributed by atoms with Crippen molar-refractivity contribution in [2.45, 2.75) is 18.4 Å². The highest BCUT2D eigenvalue weighted by molar-refractivity contribution is 7.99. The number of amides is 1. The van der Waals surface area contributed by atoms with Gasteiger partial charge >= 0.3 is 0 Å². The van der Waals surface area contributed by atoms with E-state index in [-0.39, 0.29) is 5.91 Å². The van der Waals surface area contributed by atoms with E-state index < -0.39 is 0 Å². The van der Waals surface area contributed by atoms with E-state index in [0.717, 1.165) is 16.2 Å². The maximum absolute atomic E-state index is 12.7. The van der Waals surface area contributed by atoms with Gasteiger partial charge in [-0.1, -0.05) is 54.9 Å². The van der Waals surface area contributed by atoms with Crippen LogP contribution in [0.2, 0.25) is 5.02 Å². The van der Waals surface area contributed by atoms with Crippen LogP contribution in [0.25, 0.3) is 0 Å². The Kier molecular flexibility index (Phi) is 5.71. The van der Waals surface area contributed by atoms with Crippen molar-refractivity contribution in [3.05, 3.63) is 64.7 Å². The van der Waals surface area contributed by atoms with E-state index in [2.05, 4.69) is 6.92 Å². The summed E-state index contributed by atoms with van der Waals surface area (Å²) in [6.45, 7) is 2.64. The molecule has 0 aliphatic rings. The summed E-state index contributed by atoms with van der Waals surface area (Å²) < 4.78 is 0. The smallest absolute Gasteiger partial charge is 0.255 e. The molecule has 0 N–H and O–H groups in total. The molecular weight excluding hydrogens is 302 g/mol. The predicted molar refractivity (Wildman–Crippen MR) is 90.1 cm³/mol. The summed E-state index contributed by atoms with van der Waals surface area (Å²) in [7, 11) is 1.82. The SMILES string of the molecule is CCSc1c(Cl)cccc1C(=O)N(C)Cc1ccccc1. The van der Waals surface area contributed by atoms with Crippen molar-refractivity contribution in [1.29, 1.82) is 0 Å². The molecule has 0 fully saturated rings. The molecule has 0 saturated carbocycles. The van der Waals surface area contributed by atoms with E-state index >= 15 is 0 Å². The van der Waals surface area contributed by atoms with Gasteiger partial charge in [0.1, 0.15) is 0 Å². The fourth-order valence-electron chi connectivity index (χ4n) is 2.10. The van der Waals surface area contributed by atoms with Crippen LogP contribution in [0.1, 0.15) is 22.8 Å². The normalized spacial score (nSPS) is 10.4. The second kappa shape index (κ2) is 7.53. The topological polar surface area (TPSA) is 20.3 Å². The molecule has 2 aromatic carbocycles. The Morgan fingerprint density at radius 1 is 1.14 bits per heavy atom. The van der Waals surface area contributed by atoms with Gasteiger partial charge < -0.3 is 4.90 Å². The quantitative estimate of drug-likeness (QED) is 0.743. The Balaban J connectivity index is 2.21. The molecule has 2 aromatic rings. The van der Waals surface area contributed by atoms with Crippen LogP contribution in [0.3, 0.4) is 0 Å². The summed E-state index contributed by atoms with van der Waals surface area (Å²) in [5.41, 5.74) is 1.79. The van der Waals surface area contributed by atoms with Crippen molar-refractivity contribution >= 4 is 29.3 Å². The third-order valence-corrected chi connectivity index (χ3v) is 4.54. The van der Waals surface area contributed by atoms with Gasteiger partial charge in [-0.2, -0.15) is 0 Å². The number of carbonyl (C=O) groups excluding carboxylic acids is 1. The largest absolute Gasteiger partial charge is 0.337 e. The lowest BCUT2D eigenvalue weighted by Crippen LogP contribution is -2.26. The predicted octanol–water partition coefficient (Wildman–Crippen LogP) is 4.72. The van der Waals surface area contributed by atoms with E-state index in [4.69, 9.17) is 11.6 Å². The molecule has 4 heteroatoms. The van der Waals surface area contributed by atoms with Gasteiger partial charge in [0.15, 0.2) is 0 Å². The van der Waals surface area contributed by atoms with Crippen molar-refractivity contribution in [3.63, 3.8) is 0 Å². The molecule has 110 valence electrons. The lowest BCUT2D eigenvalue weighted by Gasteiger charge is -2.19. The van der Waals surface area contributed by atoms with E-state index in [0.29, 0.717) is 17.1 Å². The molecule has 2 nitrogen and oxygen atoms in total. The van der Waals surface area contributed by atoms with Gasteiger partial charge in [0.25, 0.3) is 5.91 Å². The summed E-state index contributed by atoms with van der Waals surface area (Å²) in [6.07, 6.45) is 0. The van der Waals surface area contributed by atoms with Crippen molar-refractivity contribution in [3.8, 4) is 0 Å². The number of thioether (sulfide) groups is 1. The highest BCUT2D eigenvalue weighted by Crippen LogP contribution is 2.31. The molecule has 0 spiro atoms.